The minimum Gasteiger partial charge on any atom is -0.338 e. The van der Waals surface area contributed by atoms with E-state index in [1.165, 1.54) is 3.57 Å². The van der Waals surface area contributed by atoms with Crippen LogP contribution in [0.4, 0.5) is 0 Å². The van der Waals surface area contributed by atoms with Gasteiger partial charge < -0.3 is 9.47 Å². The second-order valence-electron chi connectivity index (χ2n) is 3.44. The lowest BCUT2D eigenvalue weighted by Gasteiger charge is -2.17. The smallest absolute Gasteiger partial charge is 0.245 e. The van der Waals surface area contributed by atoms with Gasteiger partial charge in [-0.3, -0.25) is 4.57 Å². The van der Waals surface area contributed by atoms with Crippen molar-refractivity contribution < 1.29 is 9.47 Å². The number of ether oxygens (including phenoxy) is 2. The van der Waals surface area contributed by atoms with Crippen LogP contribution in [0.15, 0.2) is 18.2 Å². The average molecular weight is 332 g/mol. The lowest BCUT2D eigenvalue weighted by Crippen LogP contribution is -2.14. The van der Waals surface area contributed by atoms with E-state index < -0.39 is 6.41 Å². The van der Waals surface area contributed by atoms with Crippen molar-refractivity contribution in [3.8, 4) is 0 Å². The van der Waals surface area contributed by atoms with Gasteiger partial charge in [0.1, 0.15) is 5.82 Å². The fourth-order valence-electron chi connectivity index (χ4n) is 1.77. The first kappa shape index (κ1) is 11.8. The standard InChI is InChI=1S/C11H13IN2O2/c1-7-13-9-6-8(12)4-5-10(9)14(7)11(15-2)16-3/h4-6,11H,1-3H3. The lowest BCUT2D eigenvalue weighted by molar-refractivity contribution is -0.154. The van der Waals surface area contributed by atoms with Gasteiger partial charge in [0.25, 0.3) is 0 Å². The minimum atomic E-state index is -0.426. The number of nitrogens with zero attached hydrogens (tertiary/aromatic N) is 2. The van der Waals surface area contributed by atoms with Gasteiger partial charge >= 0.3 is 0 Å². The summed E-state index contributed by atoms with van der Waals surface area (Å²) < 4.78 is 13.6. The molecule has 5 heteroatoms. The summed E-state index contributed by atoms with van der Waals surface area (Å²) in [5.74, 6) is 0.880. The molecule has 0 unspecified atom stereocenters. The van der Waals surface area contributed by atoms with Gasteiger partial charge in [0.05, 0.1) is 11.0 Å². The molecule has 0 aliphatic carbocycles. The summed E-state index contributed by atoms with van der Waals surface area (Å²) in [6.07, 6.45) is -0.426. The van der Waals surface area contributed by atoms with E-state index in [4.69, 9.17) is 9.47 Å². The number of halogens is 1. The maximum atomic E-state index is 5.26. The maximum Gasteiger partial charge on any atom is 0.245 e. The summed E-state index contributed by atoms with van der Waals surface area (Å²) in [5.41, 5.74) is 1.98. The molecule has 1 aromatic heterocycles. The number of aryl methyl sites for hydroxylation is 1. The molecule has 1 heterocycles. The van der Waals surface area contributed by atoms with E-state index in [1.807, 2.05) is 29.7 Å². The molecular formula is C11H13IN2O2. The Morgan fingerprint density at radius 3 is 2.62 bits per heavy atom. The molecule has 86 valence electrons. The molecular weight excluding hydrogens is 319 g/mol. The molecule has 1 aromatic carbocycles. The Hall–Kier alpha value is -0.660. The SMILES string of the molecule is COC(OC)n1c(C)nc2cc(I)ccc21. The third-order valence-corrected chi connectivity index (χ3v) is 3.11. The van der Waals surface area contributed by atoms with E-state index in [9.17, 15) is 0 Å². The zero-order chi connectivity index (χ0) is 11.7. The molecule has 0 radical (unpaired) electrons. The highest BCUT2D eigenvalue weighted by atomic mass is 127. The molecule has 0 aliphatic heterocycles. The Bertz CT molecular complexity index is 506. The van der Waals surface area contributed by atoms with E-state index in [-0.39, 0.29) is 0 Å². The summed E-state index contributed by atoms with van der Waals surface area (Å²) in [6, 6.07) is 6.12. The molecule has 4 nitrogen and oxygen atoms in total. The highest BCUT2D eigenvalue weighted by molar-refractivity contribution is 14.1. The summed E-state index contributed by atoms with van der Waals surface area (Å²) in [6.45, 7) is 1.94. The van der Waals surface area contributed by atoms with E-state index in [0.717, 1.165) is 16.9 Å². The van der Waals surface area contributed by atoms with Gasteiger partial charge in [-0.2, -0.15) is 0 Å². The number of imidazole rings is 1. The zero-order valence-corrected chi connectivity index (χ0v) is 11.6. The van der Waals surface area contributed by atoms with Crippen LogP contribution in [0.25, 0.3) is 11.0 Å². The van der Waals surface area contributed by atoms with Crippen LogP contribution in [-0.2, 0) is 9.47 Å². The van der Waals surface area contributed by atoms with Crippen LogP contribution in [0.5, 0.6) is 0 Å². The van der Waals surface area contributed by atoms with Crippen LogP contribution in [0, 0.1) is 10.5 Å². The monoisotopic (exact) mass is 332 g/mol. The van der Waals surface area contributed by atoms with Crippen LogP contribution in [0.1, 0.15) is 12.2 Å². The van der Waals surface area contributed by atoms with Crippen LogP contribution >= 0.6 is 22.6 Å². The number of methoxy groups -OCH3 is 2. The van der Waals surface area contributed by atoms with Crippen LogP contribution < -0.4 is 0 Å². The van der Waals surface area contributed by atoms with Crippen LogP contribution in [0.3, 0.4) is 0 Å². The Balaban J connectivity index is 2.64. The predicted molar refractivity (Wildman–Crippen MR) is 70.2 cm³/mol. The average Bonchev–Trinajstić information content (AvgIpc) is 2.57. The highest BCUT2D eigenvalue weighted by Gasteiger charge is 2.15. The van der Waals surface area contributed by atoms with Gasteiger partial charge in [-0.05, 0) is 47.7 Å². The molecule has 0 atom stereocenters. The minimum absolute atomic E-state index is 0.426. The molecule has 0 N–H and O–H groups in total. The van der Waals surface area contributed by atoms with E-state index in [1.54, 1.807) is 14.2 Å². The summed E-state index contributed by atoms with van der Waals surface area (Å²) in [5, 5.41) is 0. The molecule has 0 fully saturated rings. The number of hydrogen-bond acceptors (Lipinski definition) is 3. The third kappa shape index (κ3) is 1.94. The van der Waals surface area contributed by atoms with Gasteiger partial charge in [-0.1, -0.05) is 0 Å². The topological polar surface area (TPSA) is 36.3 Å². The Morgan fingerprint density at radius 2 is 2.00 bits per heavy atom. The number of aromatic nitrogens is 2. The normalized spacial score (nSPS) is 11.6. The quantitative estimate of drug-likeness (QED) is 0.641. The molecule has 0 aliphatic rings. The summed E-state index contributed by atoms with van der Waals surface area (Å²) >= 11 is 2.27. The van der Waals surface area contributed by atoms with Gasteiger partial charge in [-0.15, -0.1) is 0 Å². The van der Waals surface area contributed by atoms with Crippen molar-refractivity contribution in [3.63, 3.8) is 0 Å². The Morgan fingerprint density at radius 1 is 1.31 bits per heavy atom. The molecule has 0 saturated carbocycles. The van der Waals surface area contributed by atoms with Crippen molar-refractivity contribution in [3.05, 3.63) is 27.6 Å². The molecule has 0 spiro atoms. The fraction of sp³-hybridized carbons (Fsp3) is 0.364. The van der Waals surface area contributed by atoms with Crippen molar-refractivity contribution in [1.82, 2.24) is 9.55 Å². The van der Waals surface area contributed by atoms with E-state index in [0.29, 0.717) is 0 Å². The van der Waals surface area contributed by atoms with Crippen molar-refractivity contribution in [1.29, 1.82) is 0 Å². The molecule has 0 bridgehead atoms. The summed E-state index contributed by atoms with van der Waals surface area (Å²) in [4.78, 5) is 4.49. The second kappa shape index (κ2) is 4.68. The second-order valence-corrected chi connectivity index (χ2v) is 4.69. The first-order chi connectivity index (χ1) is 7.67. The molecule has 16 heavy (non-hydrogen) atoms. The first-order valence-electron chi connectivity index (χ1n) is 4.87. The number of hydrogen-bond donors (Lipinski definition) is 0. The Labute approximate surface area is 108 Å². The predicted octanol–water partition coefficient (Wildman–Crippen LogP) is 2.70. The van der Waals surface area contributed by atoms with Crippen LogP contribution in [-0.4, -0.2) is 23.8 Å². The van der Waals surface area contributed by atoms with E-state index in [2.05, 4.69) is 27.6 Å². The summed E-state index contributed by atoms with van der Waals surface area (Å²) in [7, 11) is 3.23. The van der Waals surface area contributed by atoms with Gasteiger partial charge in [0.15, 0.2) is 0 Å². The van der Waals surface area contributed by atoms with Crippen molar-refractivity contribution in [2.24, 2.45) is 0 Å². The highest BCUT2D eigenvalue weighted by Crippen LogP contribution is 2.23. The van der Waals surface area contributed by atoms with Crippen molar-refractivity contribution in [2.75, 3.05) is 14.2 Å². The van der Waals surface area contributed by atoms with Crippen molar-refractivity contribution in [2.45, 2.75) is 13.3 Å². The maximum absolute atomic E-state index is 5.26. The first-order valence-corrected chi connectivity index (χ1v) is 5.95. The number of benzene rings is 1. The molecule has 2 rings (SSSR count). The fourth-order valence-corrected chi connectivity index (χ4v) is 2.24. The van der Waals surface area contributed by atoms with E-state index >= 15 is 0 Å². The zero-order valence-electron chi connectivity index (χ0n) is 9.40. The number of rotatable bonds is 3. The largest absolute Gasteiger partial charge is 0.338 e. The molecule has 0 saturated heterocycles. The van der Waals surface area contributed by atoms with Crippen LogP contribution in [0.2, 0.25) is 0 Å². The third-order valence-electron chi connectivity index (χ3n) is 2.44. The number of fused-ring (bicyclic) bond motifs is 1. The molecule has 2 aromatic rings. The van der Waals surface area contributed by atoms with Gasteiger partial charge in [-0.25, -0.2) is 4.98 Å². The van der Waals surface area contributed by atoms with Crippen molar-refractivity contribution >= 4 is 33.6 Å². The molecule has 0 amide bonds. The lowest BCUT2D eigenvalue weighted by atomic mass is 10.3. The van der Waals surface area contributed by atoms with Gasteiger partial charge in [0, 0.05) is 17.8 Å². The Kier molecular flexibility index (Phi) is 3.46. The van der Waals surface area contributed by atoms with Gasteiger partial charge in [0.2, 0.25) is 6.41 Å².